The number of benzene rings is 1. The highest BCUT2D eigenvalue weighted by Gasteiger charge is 2.18. The lowest BCUT2D eigenvalue weighted by atomic mass is 9.93. The van der Waals surface area contributed by atoms with Crippen LogP contribution in [-0.4, -0.2) is 7.05 Å². The molecule has 1 rings (SSSR count). The topological polar surface area (TPSA) is 12.0 Å². The Morgan fingerprint density at radius 3 is 2.59 bits per heavy atom. The van der Waals surface area contributed by atoms with E-state index in [-0.39, 0.29) is 6.04 Å². The maximum atomic E-state index is 13.7. The number of nitrogens with one attached hydrogen (secondary N) is 1. The van der Waals surface area contributed by atoms with Crippen molar-refractivity contribution in [3.8, 4) is 0 Å². The van der Waals surface area contributed by atoms with Gasteiger partial charge in [0.25, 0.3) is 0 Å². The predicted molar refractivity (Wildman–Crippen MR) is 66.8 cm³/mol. The summed E-state index contributed by atoms with van der Waals surface area (Å²) in [5.74, 6) is -0.999. The second-order valence-corrected chi connectivity index (χ2v) is 4.61. The third kappa shape index (κ3) is 3.77. The van der Waals surface area contributed by atoms with E-state index >= 15 is 0 Å². The van der Waals surface area contributed by atoms with E-state index < -0.39 is 11.6 Å². The number of hydrogen-bond donors (Lipinski definition) is 1. The summed E-state index contributed by atoms with van der Waals surface area (Å²) >= 11 is 0. The van der Waals surface area contributed by atoms with E-state index in [0.717, 1.165) is 25.3 Å². The summed E-state index contributed by atoms with van der Waals surface area (Å²) in [5, 5.41) is 3.07. The van der Waals surface area contributed by atoms with Gasteiger partial charge in [-0.25, -0.2) is 8.78 Å². The van der Waals surface area contributed by atoms with Crippen LogP contribution in [0.2, 0.25) is 0 Å². The Balaban J connectivity index is 2.82. The Morgan fingerprint density at radius 1 is 1.29 bits per heavy atom. The summed E-state index contributed by atoms with van der Waals surface area (Å²) < 4.78 is 26.8. The lowest BCUT2D eigenvalue weighted by molar-refractivity contribution is 0.390. The van der Waals surface area contributed by atoms with E-state index in [1.165, 1.54) is 0 Å². The van der Waals surface area contributed by atoms with Crippen LogP contribution in [0.1, 0.15) is 44.7 Å². The molecule has 3 heteroatoms. The molecule has 1 nitrogen and oxygen atoms in total. The lowest BCUT2D eigenvalue weighted by Crippen LogP contribution is -2.20. The highest BCUT2D eigenvalue weighted by atomic mass is 19.2. The van der Waals surface area contributed by atoms with Gasteiger partial charge in [0.2, 0.25) is 0 Å². The minimum Gasteiger partial charge on any atom is -0.313 e. The maximum absolute atomic E-state index is 13.7. The van der Waals surface area contributed by atoms with Crippen LogP contribution in [0.15, 0.2) is 18.2 Å². The van der Waals surface area contributed by atoms with Gasteiger partial charge in [-0.2, -0.15) is 0 Å². The molecule has 0 saturated carbocycles. The quantitative estimate of drug-likeness (QED) is 0.792. The molecular weight excluding hydrogens is 220 g/mol. The monoisotopic (exact) mass is 241 g/mol. The van der Waals surface area contributed by atoms with Crippen molar-refractivity contribution in [2.45, 2.75) is 39.2 Å². The van der Waals surface area contributed by atoms with Gasteiger partial charge in [-0.05, 0) is 25.5 Å². The zero-order chi connectivity index (χ0) is 12.8. The van der Waals surface area contributed by atoms with E-state index in [1.807, 2.05) is 0 Å². The molecule has 0 heterocycles. The first kappa shape index (κ1) is 14.1. The highest BCUT2D eigenvalue weighted by Crippen LogP contribution is 2.26. The molecule has 0 aliphatic carbocycles. The van der Waals surface area contributed by atoms with E-state index in [1.54, 1.807) is 19.2 Å². The first-order valence-electron chi connectivity index (χ1n) is 6.21. The second-order valence-electron chi connectivity index (χ2n) is 4.61. The largest absolute Gasteiger partial charge is 0.313 e. The molecule has 17 heavy (non-hydrogen) atoms. The van der Waals surface area contributed by atoms with Crippen molar-refractivity contribution < 1.29 is 8.78 Å². The van der Waals surface area contributed by atoms with Crippen LogP contribution in [0, 0.1) is 17.6 Å². The average molecular weight is 241 g/mol. The molecule has 2 unspecified atom stereocenters. The first-order chi connectivity index (χ1) is 8.10. The average Bonchev–Trinajstić information content (AvgIpc) is 2.30. The van der Waals surface area contributed by atoms with Crippen molar-refractivity contribution in [1.29, 1.82) is 0 Å². The van der Waals surface area contributed by atoms with Crippen molar-refractivity contribution in [2.75, 3.05) is 7.05 Å². The SMILES string of the molecule is CCCC(C)CC(NC)c1cccc(F)c1F. The Hall–Kier alpha value is -0.960. The minimum atomic E-state index is -0.772. The first-order valence-corrected chi connectivity index (χ1v) is 6.21. The predicted octanol–water partition coefficient (Wildman–Crippen LogP) is 4.05. The third-order valence-corrected chi connectivity index (χ3v) is 3.12. The van der Waals surface area contributed by atoms with E-state index in [2.05, 4.69) is 19.2 Å². The summed E-state index contributed by atoms with van der Waals surface area (Å²) in [4.78, 5) is 0. The molecule has 0 aliphatic heterocycles. The molecule has 96 valence electrons. The highest BCUT2D eigenvalue weighted by molar-refractivity contribution is 5.22. The second kappa shape index (κ2) is 6.70. The van der Waals surface area contributed by atoms with Gasteiger partial charge in [0.15, 0.2) is 11.6 Å². The van der Waals surface area contributed by atoms with Gasteiger partial charge in [-0.15, -0.1) is 0 Å². The smallest absolute Gasteiger partial charge is 0.163 e. The van der Waals surface area contributed by atoms with E-state index in [9.17, 15) is 8.78 Å². The molecule has 1 aromatic rings. The molecule has 0 saturated heterocycles. The van der Waals surface area contributed by atoms with Crippen LogP contribution >= 0.6 is 0 Å². The van der Waals surface area contributed by atoms with Crippen LogP contribution < -0.4 is 5.32 Å². The Morgan fingerprint density at radius 2 is 2.00 bits per heavy atom. The summed E-state index contributed by atoms with van der Waals surface area (Å²) in [5.41, 5.74) is 0.426. The molecule has 1 N–H and O–H groups in total. The molecule has 0 aromatic heterocycles. The fourth-order valence-electron chi connectivity index (χ4n) is 2.20. The summed E-state index contributed by atoms with van der Waals surface area (Å²) in [6, 6.07) is 4.24. The van der Waals surface area contributed by atoms with Crippen LogP contribution in [0.3, 0.4) is 0 Å². The third-order valence-electron chi connectivity index (χ3n) is 3.12. The van der Waals surface area contributed by atoms with Crippen LogP contribution in [0.4, 0.5) is 8.78 Å². The molecule has 0 amide bonds. The Kier molecular flexibility index (Phi) is 5.56. The number of rotatable bonds is 6. The maximum Gasteiger partial charge on any atom is 0.163 e. The Labute approximate surface area is 102 Å². The molecule has 0 aliphatic rings. The van der Waals surface area contributed by atoms with Crippen molar-refractivity contribution in [2.24, 2.45) is 5.92 Å². The van der Waals surface area contributed by atoms with Gasteiger partial charge < -0.3 is 5.32 Å². The van der Waals surface area contributed by atoms with Gasteiger partial charge in [0.05, 0.1) is 0 Å². The van der Waals surface area contributed by atoms with Crippen LogP contribution in [-0.2, 0) is 0 Å². The van der Waals surface area contributed by atoms with Crippen molar-refractivity contribution in [1.82, 2.24) is 5.32 Å². The van der Waals surface area contributed by atoms with Crippen molar-refractivity contribution >= 4 is 0 Å². The van der Waals surface area contributed by atoms with Crippen LogP contribution in [0.25, 0.3) is 0 Å². The molecular formula is C14H21F2N. The molecule has 0 radical (unpaired) electrons. The fourth-order valence-corrected chi connectivity index (χ4v) is 2.20. The van der Waals surface area contributed by atoms with Gasteiger partial charge in [0, 0.05) is 11.6 Å². The van der Waals surface area contributed by atoms with E-state index in [0.29, 0.717) is 11.5 Å². The lowest BCUT2D eigenvalue weighted by Gasteiger charge is -2.21. The number of hydrogen-bond acceptors (Lipinski definition) is 1. The Bertz CT molecular complexity index is 352. The standard InChI is InChI=1S/C14H21F2N/c1-4-6-10(2)9-13(17-3)11-7-5-8-12(15)14(11)16/h5,7-8,10,13,17H,4,6,9H2,1-3H3. The summed E-state index contributed by atoms with van der Waals surface area (Å²) in [6.07, 6.45) is 3.04. The zero-order valence-electron chi connectivity index (χ0n) is 10.8. The number of halogens is 2. The van der Waals surface area contributed by atoms with Crippen molar-refractivity contribution in [3.05, 3.63) is 35.4 Å². The van der Waals surface area contributed by atoms with Gasteiger partial charge in [-0.1, -0.05) is 38.8 Å². The van der Waals surface area contributed by atoms with Crippen molar-refractivity contribution in [3.63, 3.8) is 0 Å². The van der Waals surface area contributed by atoms with E-state index in [4.69, 9.17) is 0 Å². The molecule has 0 spiro atoms. The fraction of sp³-hybridized carbons (Fsp3) is 0.571. The van der Waals surface area contributed by atoms with Crippen LogP contribution in [0.5, 0.6) is 0 Å². The summed E-state index contributed by atoms with van der Waals surface area (Å²) in [7, 11) is 1.79. The molecule has 0 fully saturated rings. The molecule has 1 aromatic carbocycles. The van der Waals surface area contributed by atoms with Gasteiger partial charge in [0.1, 0.15) is 0 Å². The van der Waals surface area contributed by atoms with Gasteiger partial charge in [-0.3, -0.25) is 0 Å². The van der Waals surface area contributed by atoms with Gasteiger partial charge >= 0.3 is 0 Å². The molecule has 0 bridgehead atoms. The summed E-state index contributed by atoms with van der Waals surface area (Å²) in [6.45, 7) is 4.28. The minimum absolute atomic E-state index is 0.118. The zero-order valence-corrected chi connectivity index (χ0v) is 10.8. The molecule has 2 atom stereocenters. The normalized spacial score (nSPS) is 14.6.